The Labute approximate surface area is 189 Å². The molecule has 0 amide bonds. The summed E-state index contributed by atoms with van der Waals surface area (Å²) in [5, 5.41) is 21.1. The third-order valence-electron chi connectivity index (χ3n) is 9.60. The molecule has 2 unspecified atom stereocenters. The average Bonchev–Trinajstić information content (AvgIpc) is 2.90. The number of rotatable bonds is 4. The summed E-state index contributed by atoms with van der Waals surface area (Å²) >= 11 is 0. The standard InChI is InChI=1S/C26H34O6/c1-14-15(2)26(31,11-8-20(28)29)25(4)10-7-19-21(22(14)25)18(23(30)32-5)13-16-12-17(27)6-9-24(16,19)3/h12,18-19,21-22,31H,1-2,6-11,13H2,3-5H3,(H,28,29)/t18?,19-,21-,22+,24+,25+,26?/m1/s1. The smallest absolute Gasteiger partial charge is 0.309 e. The zero-order chi connectivity index (χ0) is 23.6. The van der Waals surface area contributed by atoms with Crippen LogP contribution >= 0.6 is 0 Å². The van der Waals surface area contributed by atoms with Crippen molar-refractivity contribution >= 4 is 17.7 Å². The molecule has 32 heavy (non-hydrogen) atoms. The van der Waals surface area contributed by atoms with Crippen molar-refractivity contribution in [3.8, 4) is 0 Å². The third-order valence-corrected chi connectivity index (χ3v) is 9.60. The number of fused-ring (bicyclic) bond motifs is 5. The highest BCUT2D eigenvalue weighted by Crippen LogP contribution is 2.71. The van der Waals surface area contributed by atoms with E-state index in [2.05, 4.69) is 20.1 Å². The van der Waals surface area contributed by atoms with Crippen molar-refractivity contribution in [2.45, 2.75) is 64.4 Å². The lowest BCUT2D eigenvalue weighted by atomic mass is 9.43. The third kappa shape index (κ3) is 2.91. The van der Waals surface area contributed by atoms with Crippen LogP contribution in [0.25, 0.3) is 0 Å². The molecule has 4 aliphatic carbocycles. The second-order valence-electron chi connectivity index (χ2n) is 10.8. The maximum Gasteiger partial charge on any atom is 0.309 e. The summed E-state index contributed by atoms with van der Waals surface area (Å²) in [6.45, 7) is 12.7. The van der Waals surface area contributed by atoms with Crippen LogP contribution in [-0.4, -0.2) is 40.6 Å². The molecule has 0 aromatic rings. The topological polar surface area (TPSA) is 101 Å². The molecule has 6 heteroatoms. The van der Waals surface area contributed by atoms with E-state index in [9.17, 15) is 24.6 Å². The largest absolute Gasteiger partial charge is 0.481 e. The first-order chi connectivity index (χ1) is 14.9. The van der Waals surface area contributed by atoms with Crippen molar-refractivity contribution in [1.82, 2.24) is 0 Å². The fourth-order valence-electron chi connectivity index (χ4n) is 7.77. The number of esters is 1. The number of carbonyl (C=O) groups is 3. The van der Waals surface area contributed by atoms with E-state index in [1.54, 1.807) is 6.08 Å². The summed E-state index contributed by atoms with van der Waals surface area (Å²) in [6, 6.07) is 0. The Bertz CT molecular complexity index is 946. The summed E-state index contributed by atoms with van der Waals surface area (Å²) in [5.41, 5.74) is 0.0449. The molecule has 4 aliphatic rings. The number of ether oxygens (including phenoxy) is 1. The van der Waals surface area contributed by atoms with Crippen LogP contribution in [0.4, 0.5) is 0 Å². The summed E-state index contributed by atoms with van der Waals surface area (Å²) < 4.78 is 5.21. The van der Waals surface area contributed by atoms with Crippen LogP contribution in [0.3, 0.4) is 0 Å². The Kier molecular flexibility index (Phi) is 5.32. The monoisotopic (exact) mass is 442 g/mol. The van der Waals surface area contributed by atoms with E-state index in [1.807, 2.05) is 6.92 Å². The number of allylic oxidation sites excluding steroid dienone is 1. The summed E-state index contributed by atoms with van der Waals surface area (Å²) in [4.78, 5) is 36.5. The van der Waals surface area contributed by atoms with Crippen molar-refractivity contribution in [3.63, 3.8) is 0 Å². The van der Waals surface area contributed by atoms with Gasteiger partial charge in [-0.1, -0.05) is 32.6 Å². The Morgan fingerprint density at radius 1 is 1.25 bits per heavy atom. The Balaban J connectivity index is 1.83. The van der Waals surface area contributed by atoms with Gasteiger partial charge in [-0.3, -0.25) is 14.4 Å². The van der Waals surface area contributed by atoms with Gasteiger partial charge in [0.2, 0.25) is 0 Å². The van der Waals surface area contributed by atoms with Gasteiger partial charge in [-0.05, 0) is 72.5 Å². The molecule has 174 valence electrons. The van der Waals surface area contributed by atoms with Crippen LogP contribution in [0.2, 0.25) is 0 Å². The van der Waals surface area contributed by atoms with Gasteiger partial charge in [0.1, 0.15) is 0 Å². The number of aliphatic hydroxyl groups is 1. The van der Waals surface area contributed by atoms with Crippen molar-refractivity contribution in [1.29, 1.82) is 0 Å². The first-order valence-corrected chi connectivity index (χ1v) is 11.5. The maximum atomic E-state index is 13.0. The molecule has 0 spiro atoms. The van der Waals surface area contributed by atoms with E-state index in [0.29, 0.717) is 24.8 Å². The highest BCUT2D eigenvalue weighted by Gasteiger charge is 2.68. The number of ketones is 1. The summed E-state index contributed by atoms with van der Waals surface area (Å²) in [7, 11) is 1.39. The fourth-order valence-corrected chi connectivity index (χ4v) is 7.77. The van der Waals surface area contributed by atoms with E-state index in [-0.39, 0.29) is 47.8 Å². The molecule has 7 atom stereocenters. The first-order valence-electron chi connectivity index (χ1n) is 11.5. The zero-order valence-electron chi connectivity index (χ0n) is 19.3. The number of hydrogen-bond donors (Lipinski definition) is 2. The van der Waals surface area contributed by atoms with Crippen LogP contribution < -0.4 is 0 Å². The van der Waals surface area contributed by atoms with E-state index in [4.69, 9.17) is 4.74 Å². The van der Waals surface area contributed by atoms with Crippen LogP contribution in [0.1, 0.15) is 58.8 Å². The number of carbonyl (C=O) groups excluding carboxylic acids is 2. The molecule has 0 aromatic carbocycles. The predicted molar refractivity (Wildman–Crippen MR) is 118 cm³/mol. The van der Waals surface area contributed by atoms with Crippen molar-refractivity contribution in [3.05, 3.63) is 36.0 Å². The molecule has 0 saturated heterocycles. The maximum absolute atomic E-state index is 13.0. The second kappa shape index (κ2) is 7.41. The average molecular weight is 443 g/mol. The van der Waals surface area contributed by atoms with Gasteiger partial charge < -0.3 is 14.9 Å². The molecule has 0 heterocycles. The van der Waals surface area contributed by atoms with E-state index in [1.165, 1.54) is 7.11 Å². The quantitative estimate of drug-likeness (QED) is 0.642. The van der Waals surface area contributed by atoms with Gasteiger partial charge in [0.15, 0.2) is 5.78 Å². The SMILES string of the molecule is C=C1C(=C)C(O)(CCC(=O)O)[C@@]2(C)CC[C@@H]3[C@@H](C(C(=O)OC)CC4=CC(=O)CC[C@@]43C)[C@H]12. The van der Waals surface area contributed by atoms with Gasteiger partial charge >= 0.3 is 11.9 Å². The van der Waals surface area contributed by atoms with Crippen LogP contribution in [-0.2, 0) is 19.1 Å². The molecule has 6 nitrogen and oxygen atoms in total. The predicted octanol–water partition coefficient (Wildman–Crippen LogP) is 3.85. The molecule has 0 aliphatic heterocycles. The lowest BCUT2D eigenvalue weighted by Crippen LogP contribution is -2.58. The van der Waals surface area contributed by atoms with Crippen LogP contribution in [0.5, 0.6) is 0 Å². The molecule has 0 aromatic heterocycles. The number of hydrogen-bond acceptors (Lipinski definition) is 5. The molecule has 0 bridgehead atoms. The normalized spacial score (nSPS) is 43.1. The summed E-state index contributed by atoms with van der Waals surface area (Å²) in [5.74, 6) is -1.76. The van der Waals surface area contributed by atoms with Crippen LogP contribution in [0.15, 0.2) is 36.0 Å². The molecular formula is C26H34O6. The Hall–Kier alpha value is -2.21. The minimum atomic E-state index is -1.38. The van der Waals surface area contributed by atoms with E-state index < -0.39 is 22.9 Å². The molecular weight excluding hydrogens is 408 g/mol. The van der Waals surface area contributed by atoms with Gasteiger partial charge in [0, 0.05) is 18.3 Å². The minimum Gasteiger partial charge on any atom is -0.481 e. The Morgan fingerprint density at radius 3 is 2.56 bits per heavy atom. The van der Waals surface area contributed by atoms with Gasteiger partial charge in [-0.15, -0.1) is 0 Å². The number of methoxy groups -OCH3 is 1. The van der Waals surface area contributed by atoms with Gasteiger partial charge in [-0.25, -0.2) is 0 Å². The van der Waals surface area contributed by atoms with Crippen molar-refractivity contribution in [2.75, 3.05) is 7.11 Å². The van der Waals surface area contributed by atoms with Crippen molar-refractivity contribution in [2.24, 2.45) is 34.5 Å². The molecule has 3 fully saturated rings. The van der Waals surface area contributed by atoms with Gasteiger partial charge in [0.25, 0.3) is 0 Å². The highest BCUT2D eigenvalue weighted by molar-refractivity contribution is 5.92. The molecule has 0 radical (unpaired) electrons. The number of aliphatic carboxylic acids is 1. The lowest BCUT2D eigenvalue weighted by Gasteiger charge is -2.60. The van der Waals surface area contributed by atoms with Gasteiger partial charge in [-0.2, -0.15) is 0 Å². The second-order valence-corrected chi connectivity index (χ2v) is 10.8. The number of carboxylic acid groups (broad SMARTS) is 1. The molecule has 2 N–H and O–H groups in total. The van der Waals surface area contributed by atoms with E-state index in [0.717, 1.165) is 24.0 Å². The highest BCUT2D eigenvalue weighted by atomic mass is 16.5. The van der Waals surface area contributed by atoms with Crippen LogP contribution in [0, 0.1) is 34.5 Å². The van der Waals surface area contributed by atoms with Gasteiger partial charge in [0.05, 0.1) is 18.6 Å². The lowest BCUT2D eigenvalue weighted by molar-refractivity contribution is -0.165. The van der Waals surface area contributed by atoms with E-state index >= 15 is 0 Å². The minimum absolute atomic E-state index is 0.0738. The number of carboxylic acids is 1. The molecule has 3 saturated carbocycles. The van der Waals surface area contributed by atoms with Crippen molar-refractivity contribution < 1.29 is 29.3 Å². The molecule has 4 rings (SSSR count). The first kappa shape index (κ1) is 23.0. The fraction of sp³-hybridized carbons (Fsp3) is 0.654. The Morgan fingerprint density at radius 2 is 1.94 bits per heavy atom. The summed E-state index contributed by atoms with van der Waals surface area (Å²) in [6.07, 6.45) is 4.85. The zero-order valence-corrected chi connectivity index (χ0v) is 19.3.